The van der Waals surface area contributed by atoms with E-state index in [1.54, 1.807) is 0 Å². The summed E-state index contributed by atoms with van der Waals surface area (Å²) in [5, 5.41) is 33.6. The summed E-state index contributed by atoms with van der Waals surface area (Å²) in [6.07, 6.45) is 10.7. The Bertz CT molecular complexity index is 655. The van der Waals surface area contributed by atoms with Crippen molar-refractivity contribution in [2.24, 2.45) is 46.3 Å². The van der Waals surface area contributed by atoms with Gasteiger partial charge in [0.05, 0.1) is 18.8 Å². The number of carboxylic acid groups (broad SMARTS) is 1. The van der Waals surface area contributed by atoms with Gasteiger partial charge in [0.15, 0.2) is 0 Å². The van der Waals surface area contributed by atoms with Crippen molar-refractivity contribution in [3.05, 3.63) is 0 Å². The molecule has 0 bridgehead atoms. The van der Waals surface area contributed by atoms with E-state index in [0.29, 0.717) is 35.0 Å². The van der Waals surface area contributed by atoms with Crippen LogP contribution < -0.4 is 5.32 Å². The van der Waals surface area contributed by atoms with Crippen molar-refractivity contribution >= 4 is 5.97 Å². The summed E-state index contributed by atoms with van der Waals surface area (Å²) in [5.74, 6) is 2.93. The molecule has 178 valence electrons. The molecular formula is C26H45NO4. The second-order valence-electron chi connectivity index (χ2n) is 12.1. The molecule has 4 aliphatic carbocycles. The minimum Gasteiger partial charge on any atom is -0.480 e. The molecule has 0 aromatic heterocycles. The van der Waals surface area contributed by atoms with Crippen molar-refractivity contribution < 1.29 is 20.1 Å². The van der Waals surface area contributed by atoms with Crippen molar-refractivity contribution in [2.75, 3.05) is 13.1 Å². The summed E-state index contributed by atoms with van der Waals surface area (Å²) >= 11 is 0. The zero-order valence-electron chi connectivity index (χ0n) is 19.9. The Hall–Kier alpha value is -0.650. The molecule has 4 N–H and O–H groups in total. The fourth-order valence-electron chi connectivity index (χ4n) is 9.11. The van der Waals surface area contributed by atoms with Gasteiger partial charge in [-0.3, -0.25) is 4.79 Å². The van der Waals surface area contributed by atoms with Crippen LogP contribution in [0.5, 0.6) is 0 Å². The van der Waals surface area contributed by atoms with Crippen LogP contribution in [0.15, 0.2) is 0 Å². The SMILES string of the molecule is C[C@H](CCCNCC(=O)O)[C@H]1CC[C@H]2[C@@H]3CCC4C[C@H](O)CC[C@]4(C)[C@H]3C[C@H](O)[C@]12C. The van der Waals surface area contributed by atoms with Crippen LogP contribution in [0.4, 0.5) is 0 Å². The van der Waals surface area contributed by atoms with Crippen LogP contribution in [0.1, 0.15) is 85.0 Å². The van der Waals surface area contributed by atoms with Crippen molar-refractivity contribution in [1.82, 2.24) is 5.32 Å². The lowest BCUT2D eigenvalue weighted by molar-refractivity contribution is -0.174. The number of hydrogen-bond donors (Lipinski definition) is 4. The Labute approximate surface area is 188 Å². The van der Waals surface area contributed by atoms with Gasteiger partial charge < -0.3 is 20.6 Å². The van der Waals surface area contributed by atoms with Crippen molar-refractivity contribution in [1.29, 1.82) is 0 Å². The van der Waals surface area contributed by atoms with E-state index in [1.165, 1.54) is 25.7 Å². The molecule has 4 fully saturated rings. The number of carbonyl (C=O) groups is 1. The first kappa shape index (κ1) is 23.5. The van der Waals surface area contributed by atoms with Crippen LogP contribution in [0.2, 0.25) is 0 Å². The average Bonchev–Trinajstić information content (AvgIpc) is 3.07. The zero-order chi connectivity index (χ0) is 22.4. The summed E-state index contributed by atoms with van der Waals surface area (Å²) in [6, 6.07) is 0. The standard InChI is InChI=1S/C26H45NO4/c1-16(5-4-12-27-15-24(30)31)20-8-9-21-19-7-6-17-13-18(28)10-11-25(17,2)22(19)14-23(29)26(20,21)3/h16-23,27-29H,4-15H2,1-3H3,(H,30,31)/t16-,17?,18-,19+,20-,21+,22+,23+,25+,26-/m1/s1. The number of carboxylic acids is 1. The Kier molecular flexibility index (Phi) is 6.78. The van der Waals surface area contributed by atoms with E-state index in [1.807, 2.05) is 0 Å². The van der Waals surface area contributed by atoms with Crippen molar-refractivity contribution in [2.45, 2.75) is 97.2 Å². The molecule has 0 aromatic carbocycles. The monoisotopic (exact) mass is 435 g/mol. The summed E-state index contributed by atoms with van der Waals surface area (Å²) in [7, 11) is 0. The molecule has 4 saturated carbocycles. The maximum absolute atomic E-state index is 11.6. The molecule has 0 saturated heterocycles. The summed E-state index contributed by atoms with van der Waals surface area (Å²) in [5.41, 5.74) is 0.316. The second kappa shape index (κ2) is 8.95. The van der Waals surface area contributed by atoms with E-state index in [9.17, 15) is 15.0 Å². The normalized spacial score (nSPS) is 47.8. The molecule has 0 amide bonds. The fraction of sp³-hybridized carbons (Fsp3) is 0.962. The second-order valence-corrected chi connectivity index (χ2v) is 12.1. The van der Waals surface area contributed by atoms with E-state index in [4.69, 9.17) is 5.11 Å². The van der Waals surface area contributed by atoms with E-state index >= 15 is 0 Å². The van der Waals surface area contributed by atoms with E-state index in [2.05, 4.69) is 26.1 Å². The van der Waals surface area contributed by atoms with Crippen LogP contribution >= 0.6 is 0 Å². The van der Waals surface area contributed by atoms with Crippen molar-refractivity contribution in [3.8, 4) is 0 Å². The third kappa shape index (κ3) is 4.08. The Morgan fingerprint density at radius 2 is 1.84 bits per heavy atom. The van der Waals surface area contributed by atoms with Gasteiger partial charge in [-0.25, -0.2) is 0 Å². The predicted octanol–water partition coefficient (Wildman–Crippen LogP) is 4.07. The van der Waals surface area contributed by atoms with Crippen LogP contribution in [0.25, 0.3) is 0 Å². The molecule has 0 radical (unpaired) electrons. The number of rotatable bonds is 7. The lowest BCUT2D eigenvalue weighted by Crippen LogP contribution is -2.58. The maximum atomic E-state index is 11.6. The van der Waals surface area contributed by atoms with Gasteiger partial charge in [-0.2, -0.15) is 0 Å². The molecule has 31 heavy (non-hydrogen) atoms. The molecule has 4 aliphatic rings. The molecule has 0 heterocycles. The van der Waals surface area contributed by atoms with Gasteiger partial charge in [-0.05, 0) is 117 Å². The number of nitrogens with one attached hydrogen (secondary N) is 1. The van der Waals surface area contributed by atoms with Crippen molar-refractivity contribution in [3.63, 3.8) is 0 Å². The predicted molar refractivity (Wildman–Crippen MR) is 122 cm³/mol. The lowest BCUT2D eigenvalue weighted by Gasteiger charge is -2.62. The summed E-state index contributed by atoms with van der Waals surface area (Å²) < 4.78 is 0. The topological polar surface area (TPSA) is 89.8 Å². The Morgan fingerprint density at radius 3 is 2.58 bits per heavy atom. The number of aliphatic carboxylic acids is 1. The van der Waals surface area contributed by atoms with Gasteiger partial charge in [-0.15, -0.1) is 0 Å². The molecule has 0 aliphatic heterocycles. The molecule has 0 aromatic rings. The first-order chi connectivity index (χ1) is 14.7. The molecular weight excluding hydrogens is 390 g/mol. The number of aliphatic hydroxyl groups is 2. The minimum atomic E-state index is -0.796. The average molecular weight is 436 g/mol. The highest BCUT2D eigenvalue weighted by Crippen LogP contribution is 2.68. The first-order valence-corrected chi connectivity index (χ1v) is 13.0. The quantitative estimate of drug-likeness (QED) is 0.453. The van der Waals surface area contributed by atoms with Crippen LogP contribution in [-0.2, 0) is 4.79 Å². The number of aliphatic hydroxyl groups excluding tert-OH is 2. The third-order valence-corrected chi connectivity index (χ3v) is 10.8. The van der Waals surface area contributed by atoms with Gasteiger partial charge in [0.25, 0.3) is 0 Å². The van der Waals surface area contributed by atoms with E-state index in [0.717, 1.165) is 51.0 Å². The van der Waals surface area contributed by atoms with Gasteiger partial charge in [0, 0.05) is 0 Å². The third-order valence-electron chi connectivity index (χ3n) is 10.8. The molecule has 5 nitrogen and oxygen atoms in total. The molecule has 5 heteroatoms. The molecule has 4 rings (SSSR count). The van der Waals surface area contributed by atoms with Crippen LogP contribution in [-0.4, -0.2) is 46.6 Å². The molecule has 10 atom stereocenters. The smallest absolute Gasteiger partial charge is 0.317 e. The van der Waals surface area contributed by atoms with Gasteiger partial charge in [-0.1, -0.05) is 20.8 Å². The van der Waals surface area contributed by atoms with Crippen LogP contribution in [0.3, 0.4) is 0 Å². The fourth-order valence-corrected chi connectivity index (χ4v) is 9.11. The number of hydrogen-bond acceptors (Lipinski definition) is 4. The van der Waals surface area contributed by atoms with Gasteiger partial charge >= 0.3 is 5.97 Å². The summed E-state index contributed by atoms with van der Waals surface area (Å²) in [4.78, 5) is 10.7. The zero-order valence-corrected chi connectivity index (χ0v) is 19.9. The highest BCUT2D eigenvalue weighted by molar-refractivity contribution is 5.68. The minimum absolute atomic E-state index is 0.0203. The highest BCUT2D eigenvalue weighted by Gasteiger charge is 2.63. The maximum Gasteiger partial charge on any atom is 0.317 e. The highest BCUT2D eigenvalue weighted by atomic mass is 16.4. The summed E-state index contributed by atoms with van der Waals surface area (Å²) in [6.45, 7) is 8.02. The van der Waals surface area contributed by atoms with Crippen LogP contribution in [0, 0.1) is 46.3 Å². The first-order valence-electron chi connectivity index (χ1n) is 13.0. The van der Waals surface area contributed by atoms with E-state index in [-0.39, 0.29) is 24.2 Å². The molecule has 0 spiro atoms. The van der Waals surface area contributed by atoms with Gasteiger partial charge in [0.2, 0.25) is 0 Å². The Morgan fingerprint density at radius 1 is 1.06 bits per heavy atom. The lowest BCUT2D eigenvalue weighted by atomic mass is 9.43. The number of fused-ring (bicyclic) bond motifs is 5. The molecule has 1 unspecified atom stereocenters. The van der Waals surface area contributed by atoms with Gasteiger partial charge in [0.1, 0.15) is 0 Å². The largest absolute Gasteiger partial charge is 0.480 e. The van der Waals surface area contributed by atoms with E-state index < -0.39 is 5.97 Å². The Balaban J connectivity index is 1.43.